The molecule has 1 aliphatic heterocycles. The van der Waals surface area contributed by atoms with Gasteiger partial charge in [-0.3, -0.25) is 9.71 Å². The van der Waals surface area contributed by atoms with E-state index in [0.717, 1.165) is 17.5 Å². The summed E-state index contributed by atoms with van der Waals surface area (Å²) in [5.74, 6) is 1.72. The van der Waals surface area contributed by atoms with Crippen LogP contribution in [-0.2, 0) is 10.0 Å². The zero-order valence-corrected chi connectivity index (χ0v) is 22.3. The van der Waals surface area contributed by atoms with Crippen LogP contribution in [-0.4, -0.2) is 31.9 Å². The number of thiocarbonyl (C=S) groups is 1. The van der Waals surface area contributed by atoms with Gasteiger partial charge in [-0.15, -0.1) is 0 Å². The molecule has 0 amide bonds. The fourth-order valence-electron chi connectivity index (χ4n) is 4.33. The summed E-state index contributed by atoms with van der Waals surface area (Å²) in [6.45, 7) is 0. The van der Waals surface area contributed by atoms with Crippen LogP contribution >= 0.6 is 23.8 Å². The monoisotopic (exact) mass is 554 g/mol. The van der Waals surface area contributed by atoms with Crippen molar-refractivity contribution < 1.29 is 17.6 Å². The molecule has 1 fully saturated rings. The number of pyridine rings is 1. The number of ether oxygens (including phenoxy) is 1. The third kappa shape index (κ3) is 5.27. The van der Waals surface area contributed by atoms with Crippen LogP contribution in [0.1, 0.15) is 23.5 Å². The van der Waals surface area contributed by atoms with Gasteiger partial charge in [-0.25, -0.2) is 8.42 Å². The normalized spacial score (nSPS) is 17.5. The highest BCUT2D eigenvalue weighted by Gasteiger charge is 2.42. The fourth-order valence-corrected chi connectivity index (χ4v) is 5.36. The first-order valence-corrected chi connectivity index (χ1v) is 13.9. The molecule has 3 heterocycles. The second kappa shape index (κ2) is 10.0. The average Bonchev–Trinajstić information content (AvgIpc) is 3.48. The van der Waals surface area contributed by atoms with E-state index in [2.05, 4.69) is 15.0 Å². The molecular weight excluding hydrogens is 532 g/mol. The Kier molecular flexibility index (Phi) is 6.80. The van der Waals surface area contributed by atoms with Crippen LogP contribution in [0.4, 0.5) is 11.4 Å². The molecule has 0 radical (unpaired) electrons. The summed E-state index contributed by atoms with van der Waals surface area (Å²) in [6, 6.07) is 21.3. The van der Waals surface area contributed by atoms with Crippen molar-refractivity contribution in [3.63, 3.8) is 0 Å². The Morgan fingerprint density at radius 3 is 2.57 bits per heavy atom. The van der Waals surface area contributed by atoms with Crippen LogP contribution in [0, 0.1) is 0 Å². The molecule has 37 heavy (non-hydrogen) atoms. The van der Waals surface area contributed by atoms with Gasteiger partial charge in [-0.05, 0) is 78.9 Å². The summed E-state index contributed by atoms with van der Waals surface area (Å²) in [4.78, 5) is 6.45. The molecule has 1 saturated heterocycles. The number of hydrogen-bond acceptors (Lipinski definition) is 6. The smallest absolute Gasteiger partial charge is 0.229 e. The molecule has 11 heteroatoms. The Hall–Kier alpha value is -3.60. The number of nitrogens with one attached hydrogen (secondary N) is 2. The number of nitrogens with zero attached hydrogens (tertiary/aromatic N) is 2. The zero-order valence-electron chi connectivity index (χ0n) is 19.9. The Balaban J connectivity index is 1.61. The fraction of sp³-hybridized carbons (Fsp3) is 0.154. The first kappa shape index (κ1) is 25.1. The predicted octanol–water partition coefficient (Wildman–Crippen LogP) is 5.55. The van der Waals surface area contributed by atoms with Crippen molar-refractivity contribution in [2.75, 3.05) is 23.0 Å². The SMILES string of the molecule is COc1ccc(N2C(=S)NC(c3ccccn3)C2c2ccc(-c3ccc(Cl)cc3)o2)cc1NS(C)(=O)=O. The maximum Gasteiger partial charge on any atom is 0.229 e. The third-order valence-corrected chi connectivity index (χ3v) is 7.06. The lowest BCUT2D eigenvalue weighted by atomic mass is 10.0. The number of furan rings is 1. The summed E-state index contributed by atoms with van der Waals surface area (Å²) in [7, 11) is -2.07. The highest BCUT2D eigenvalue weighted by Crippen LogP contribution is 2.44. The molecule has 4 aromatic rings. The highest BCUT2D eigenvalue weighted by molar-refractivity contribution is 7.92. The van der Waals surface area contributed by atoms with Gasteiger partial charge in [0.15, 0.2) is 5.11 Å². The summed E-state index contributed by atoms with van der Waals surface area (Å²) >= 11 is 11.8. The van der Waals surface area contributed by atoms with Crippen molar-refractivity contribution in [1.29, 1.82) is 0 Å². The number of anilines is 2. The van der Waals surface area contributed by atoms with Crippen LogP contribution in [0.5, 0.6) is 5.75 Å². The van der Waals surface area contributed by atoms with Gasteiger partial charge in [-0.2, -0.15) is 0 Å². The van der Waals surface area contributed by atoms with E-state index in [1.807, 2.05) is 65.6 Å². The van der Waals surface area contributed by atoms with E-state index in [9.17, 15) is 8.42 Å². The molecule has 0 spiro atoms. The number of hydrogen-bond donors (Lipinski definition) is 2. The second-order valence-corrected chi connectivity index (χ2v) is 11.0. The maximum atomic E-state index is 12.0. The number of methoxy groups -OCH3 is 1. The van der Waals surface area contributed by atoms with E-state index >= 15 is 0 Å². The van der Waals surface area contributed by atoms with Crippen molar-refractivity contribution in [3.8, 4) is 17.1 Å². The second-order valence-electron chi connectivity index (χ2n) is 8.46. The lowest BCUT2D eigenvalue weighted by Crippen LogP contribution is -2.29. The Bertz CT molecular complexity index is 1540. The van der Waals surface area contributed by atoms with Gasteiger partial charge in [-0.1, -0.05) is 17.7 Å². The first-order valence-electron chi connectivity index (χ1n) is 11.3. The van der Waals surface area contributed by atoms with Crippen molar-refractivity contribution in [1.82, 2.24) is 10.3 Å². The lowest BCUT2D eigenvalue weighted by Gasteiger charge is -2.27. The number of aromatic nitrogens is 1. The molecule has 8 nitrogen and oxygen atoms in total. The van der Waals surface area contributed by atoms with Gasteiger partial charge in [0.25, 0.3) is 0 Å². The van der Waals surface area contributed by atoms with Crippen molar-refractivity contribution in [2.24, 2.45) is 0 Å². The number of sulfonamides is 1. The molecule has 2 N–H and O–H groups in total. The molecule has 2 unspecified atom stereocenters. The molecule has 5 rings (SSSR count). The largest absolute Gasteiger partial charge is 0.495 e. The molecule has 1 aliphatic rings. The molecule has 2 aromatic heterocycles. The predicted molar refractivity (Wildman–Crippen MR) is 149 cm³/mol. The van der Waals surface area contributed by atoms with E-state index < -0.39 is 16.1 Å². The van der Waals surface area contributed by atoms with Gasteiger partial charge in [0.05, 0.1) is 30.8 Å². The van der Waals surface area contributed by atoms with Gasteiger partial charge in [0.1, 0.15) is 23.3 Å². The number of benzene rings is 2. The summed E-state index contributed by atoms with van der Waals surface area (Å²) in [6.07, 6.45) is 2.81. The molecule has 2 aromatic carbocycles. The molecule has 0 saturated carbocycles. The van der Waals surface area contributed by atoms with E-state index in [4.69, 9.17) is 33.0 Å². The quantitative estimate of drug-likeness (QED) is 0.287. The molecule has 0 aliphatic carbocycles. The Labute approximate surface area is 225 Å². The Morgan fingerprint density at radius 2 is 1.89 bits per heavy atom. The van der Waals surface area contributed by atoms with Crippen molar-refractivity contribution in [3.05, 3.63) is 95.5 Å². The standard InChI is InChI=1S/C26H23ClN4O4S2/c1-34-22-11-10-18(15-20(22)30-37(2,32)33)31-25(24(29-26(31)36)19-5-3-4-14-28-19)23-13-12-21(35-23)16-6-8-17(27)9-7-16/h3-15,24-25,30H,1-2H3,(H,29,36). The highest BCUT2D eigenvalue weighted by atomic mass is 35.5. The Morgan fingerprint density at radius 1 is 1.11 bits per heavy atom. The lowest BCUT2D eigenvalue weighted by molar-refractivity contribution is 0.416. The van der Waals surface area contributed by atoms with Gasteiger partial charge >= 0.3 is 0 Å². The van der Waals surface area contributed by atoms with E-state index in [-0.39, 0.29) is 6.04 Å². The van der Waals surface area contributed by atoms with Crippen LogP contribution < -0.4 is 19.7 Å². The minimum Gasteiger partial charge on any atom is -0.495 e. The van der Waals surface area contributed by atoms with Gasteiger partial charge < -0.3 is 19.4 Å². The molecule has 190 valence electrons. The summed E-state index contributed by atoms with van der Waals surface area (Å²) in [5.41, 5.74) is 2.61. The average molecular weight is 555 g/mol. The van der Waals surface area contributed by atoms with Crippen LogP contribution in [0.2, 0.25) is 5.02 Å². The summed E-state index contributed by atoms with van der Waals surface area (Å²) < 4.78 is 38.2. The molecule has 2 atom stereocenters. The zero-order chi connectivity index (χ0) is 26.2. The van der Waals surface area contributed by atoms with E-state index in [1.54, 1.807) is 18.3 Å². The molecular formula is C26H23ClN4O4S2. The van der Waals surface area contributed by atoms with Gasteiger partial charge in [0.2, 0.25) is 10.0 Å². The third-order valence-electron chi connectivity index (χ3n) is 5.90. The first-order chi connectivity index (χ1) is 17.7. The maximum absolute atomic E-state index is 12.0. The van der Waals surface area contributed by atoms with Crippen molar-refractivity contribution >= 4 is 50.3 Å². The van der Waals surface area contributed by atoms with E-state index in [0.29, 0.717) is 38.8 Å². The number of halogens is 1. The topological polar surface area (TPSA) is 96.7 Å². The van der Waals surface area contributed by atoms with Crippen LogP contribution in [0.3, 0.4) is 0 Å². The van der Waals surface area contributed by atoms with E-state index in [1.165, 1.54) is 7.11 Å². The minimum atomic E-state index is -3.55. The molecule has 0 bridgehead atoms. The number of rotatable bonds is 7. The minimum absolute atomic E-state index is 0.298. The summed E-state index contributed by atoms with van der Waals surface area (Å²) in [5, 5.41) is 4.45. The van der Waals surface area contributed by atoms with Gasteiger partial charge in [0, 0.05) is 22.5 Å². The van der Waals surface area contributed by atoms with Crippen molar-refractivity contribution in [2.45, 2.75) is 12.1 Å². The van der Waals surface area contributed by atoms with Crippen LogP contribution in [0.15, 0.2) is 83.4 Å². The van der Waals surface area contributed by atoms with Crippen LogP contribution in [0.25, 0.3) is 11.3 Å².